The Morgan fingerprint density at radius 2 is 1.89 bits per heavy atom. The maximum absolute atomic E-state index is 13.6. The third-order valence-electron chi connectivity index (χ3n) is 2.54. The number of methoxy groups -OCH3 is 1. The van der Waals surface area contributed by atoms with Crippen LogP contribution in [0.3, 0.4) is 0 Å². The van der Waals surface area contributed by atoms with Gasteiger partial charge in [0.2, 0.25) is 0 Å². The van der Waals surface area contributed by atoms with Gasteiger partial charge in [-0.25, -0.2) is 4.39 Å². The first-order valence-corrected chi connectivity index (χ1v) is 6.05. The number of ether oxygens (including phenoxy) is 1. The fourth-order valence-corrected chi connectivity index (χ4v) is 2.02. The van der Waals surface area contributed by atoms with Gasteiger partial charge in [-0.3, -0.25) is 4.79 Å². The molecule has 4 heteroatoms. The van der Waals surface area contributed by atoms with Crippen molar-refractivity contribution in [1.82, 2.24) is 0 Å². The van der Waals surface area contributed by atoms with Crippen molar-refractivity contribution < 1.29 is 13.9 Å². The lowest BCUT2D eigenvalue weighted by Gasteiger charge is -2.07. The molecule has 0 saturated heterocycles. The Morgan fingerprint density at radius 3 is 2.56 bits per heavy atom. The summed E-state index contributed by atoms with van der Waals surface area (Å²) in [6, 6.07) is 10.9. The number of carbonyl (C=O) groups is 1. The molecule has 92 valence electrons. The van der Waals surface area contributed by atoms with Crippen LogP contribution in [0.5, 0.6) is 5.75 Å². The summed E-state index contributed by atoms with van der Waals surface area (Å²) >= 11 is 3.28. The fourth-order valence-electron chi connectivity index (χ4n) is 1.60. The predicted molar refractivity (Wildman–Crippen MR) is 70.5 cm³/mol. The van der Waals surface area contributed by atoms with E-state index in [0.29, 0.717) is 15.8 Å². The third kappa shape index (κ3) is 2.43. The largest absolute Gasteiger partial charge is 0.497 e. The summed E-state index contributed by atoms with van der Waals surface area (Å²) in [6.07, 6.45) is 0. The topological polar surface area (TPSA) is 26.3 Å². The van der Waals surface area contributed by atoms with Gasteiger partial charge in [-0.1, -0.05) is 28.1 Å². The Kier molecular flexibility index (Phi) is 3.77. The summed E-state index contributed by atoms with van der Waals surface area (Å²) in [5.74, 6) is -0.353. The average Bonchev–Trinajstić information content (AvgIpc) is 2.39. The molecule has 2 aromatic rings. The molecule has 0 N–H and O–H groups in total. The molecule has 0 aliphatic carbocycles. The molecule has 0 bridgehead atoms. The number of hydrogen-bond acceptors (Lipinski definition) is 2. The van der Waals surface area contributed by atoms with Gasteiger partial charge in [-0.05, 0) is 30.3 Å². The number of ketones is 1. The molecule has 18 heavy (non-hydrogen) atoms. The number of carbonyl (C=O) groups excluding carboxylic acids is 1. The lowest BCUT2D eigenvalue weighted by atomic mass is 10.0. The van der Waals surface area contributed by atoms with E-state index in [0.717, 1.165) is 0 Å². The van der Waals surface area contributed by atoms with Crippen LogP contribution in [-0.4, -0.2) is 12.9 Å². The van der Waals surface area contributed by atoms with Crippen LogP contribution in [0, 0.1) is 5.82 Å². The molecule has 2 nitrogen and oxygen atoms in total. The van der Waals surface area contributed by atoms with Crippen LogP contribution < -0.4 is 4.74 Å². The number of halogens is 2. The van der Waals surface area contributed by atoms with Crippen LogP contribution in [0.25, 0.3) is 0 Å². The maximum Gasteiger partial charge on any atom is 0.197 e. The molecule has 0 unspecified atom stereocenters. The first-order chi connectivity index (χ1) is 8.63. The van der Waals surface area contributed by atoms with E-state index in [9.17, 15) is 9.18 Å². The van der Waals surface area contributed by atoms with Gasteiger partial charge in [0, 0.05) is 10.0 Å². The van der Waals surface area contributed by atoms with E-state index < -0.39 is 5.82 Å². The minimum absolute atomic E-state index is 0.0476. The molecule has 0 aliphatic heterocycles. The van der Waals surface area contributed by atoms with E-state index in [2.05, 4.69) is 15.9 Å². The van der Waals surface area contributed by atoms with Gasteiger partial charge in [0.1, 0.15) is 11.6 Å². The third-order valence-corrected chi connectivity index (χ3v) is 3.23. The highest BCUT2D eigenvalue weighted by molar-refractivity contribution is 9.10. The Labute approximate surface area is 113 Å². The first kappa shape index (κ1) is 12.8. The molecule has 0 atom stereocenters. The molecule has 2 aromatic carbocycles. The molecule has 0 fully saturated rings. The maximum atomic E-state index is 13.6. The van der Waals surface area contributed by atoms with E-state index in [1.54, 1.807) is 30.3 Å². The zero-order valence-electron chi connectivity index (χ0n) is 9.61. The summed E-state index contributed by atoms with van der Waals surface area (Å²) in [7, 11) is 1.51. The summed E-state index contributed by atoms with van der Waals surface area (Å²) in [6.45, 7) is 0. The lowest BCUT2D eigenvalue weighted by Crippen LogP contribution is -2.05. The molecular weight excluding hydrogens is 299 g/mol. The first-order valence-electron chi connectivity index (χ1n) is 5.26. The smallest absolute Gasteiger partial charge is 0.197 e. The number of hydrogen-bond donors (Lipinski definition) is 0. The Bertz CT molecular complexity index is 596. The minimum Gasteiger partial charge on any atom is -0.497 e. The van der Waals surface area contributed by atoms with Crippen molar-refractivity contribution in [2.45, 2.75) is 0 Å². The van der Waals surface area contributed by atoms with E-state index in [4.69, 9.17) is 4.74 Å². The Morgan fingerprint density at radius 1 is 1.17 bits per heavy atom. The number of benzene rings is 2. The second-order valence-electron chi connectivity index (χ2n) is 3.65. The van der Waals surface area contributed by atoms with Crippen LogP contribution in [0.4, 0.5) is 4.39 Å². The molecule has 0 spiro atoms. The van der Waals surface area contributed by atoms with Gasteiger partial charge in [-0.15, -0.1) is 0 Å². The summed E-state index contributed by atoms with van der Waals surface area (Å²) in [5, 5.41) is 0. The van der Waals surface area contributed by atoms with Crippen molar-refractivity contribution in [3.8, 4) is 5.75 Å². The van der Waals surface area contributed by atoms with E-state index in [1.807, 2.05) is 0 Å². The van der Waals surface area contributed by atoms with Crippen LogP contribution in [-0.2, 0) is 0 Å². The Hall–Kier alpha value is -1.68. The van der Waals surface area contributed by atoms with Crippen LogP contribution >= 0.6 is 15.9 Å². The highest BCUT2D eigenvalue weighted by atomic mass is 79.9. The van der Waals surface area contributed by atoms with E-state index in [-0.39, 0.29) is 11.3 Å². The second-order valence-corrected chi connectivity index (χ2v) is 4.51. The fraction of sp³-hybridized carbons (Fsp3) is 0.0714. The zero-order chi connectivity index (χ0) is 13.1. The van der Waals surface area contributed by atoms with Gasteiger partial charge >= 0.3 is 0 Å². The summed E-state index contributed by atoms with van der Waals surface area (Å²) in [4.78, 5) is 12.2. The van der Waals surface area contributed by atoms with Gasteiger partial charge in [0.15, 0.2) is 5.78 Å². The van der Waals surface area contributed by atoms with Gasteiger partial charge in [0.25, 0.3) is 0 Å². The standard InChI is InChI=1S/C14H10BrFO2/c1-18-9-6-7-12(15)11(8-9)14(17)10-4-2-3-5-13(10)16/h2-8H,1H3. The molecular formula is C14H10BrFO2. The highest BCUT2D eigenvalue weighted by Crippen LogP contribution is 2.25. The highest BCUT2D eigenvalue weighted by Gasteiger charge is 2.16. The summed E-state index contributed by atoms with van der Waals surface area (Å²) in [5.41, 5.74) is 0.422. The molecule has 2 rings (SSSR count). The van der Waals surface area contributed by atoms with Crippen molar-refractivity contribution in [3.05, 3.63) is 63.9 Å². The van der Waals surface area contributed by atoms with Crippen LogP contribution in [0.1, 0.15) is 15.9 Å². The Balaban J connectivity index is 2.49. The van der Waals surface area contributed by atoms with Crippen molar-refractivity contribution in [1.29, 1.82) is 0 Å². The monoisotopic (exact) mass is 308 g/mol. The second kappa shape index (κ2) is 5.31. The van der Waals surface area contributed by atoms with Gasteiger partial charge in [0.05, 0.1) is 12.7 Å². The average molecular weight is 309 g/mol. The van der Waals surface area contributed by atoms with Crippen molar-refractivity contribution in [2.24, 2.45) is 0 Å². The zero-order valence-corrected chi connectivity index (χ0v) is 11.2. The van der Waals surface area contributed by atoms with Crippen LogP contribution in [0.15, 0.2) is 46.9 Å². The van der Waals surface area contributed by atoms with Crippen molar-refractivity contribution in [2.75, 3.05) is 7.11 Å². The number of rotatable bonds is 3. The van der Waals surface area contributed by atoms with Crippen molar-refractivity contribution >= 4 is 21.7 Å². The predicted octanol–water partition coefficient (Wildman–Crippen LogP) is 3.83. The molecule has 0 amide bonds. The minimum atomic E-state index is -0.530. The molecule has 0 radical (unpaired) electrons. The van der Waals surface area contributed by atoms with Gasteiger partial charge < -0.3 is 4.74 Å². The molecule has 0 aromatic heterocycles. The normalized spacial score (nSPS) is 10.2. The molecule has 0 aliphatic rings. The SMILES string of the molecule is COc1ccc(Br)c(C(=O)c2ccccc2F)c1. The molecule has 0 heterocycles. The lowest BCUT2D eigenvalue weighted by molar-refractivity contribution is 0.103. The van der Waals surface area contributed by atoms with Crippen molar-refractivity contribution in [3.63, 3.8) is 0 Å². The van der Waals surface area contributed by atoms with E-state index in [1.165, 1.54) is 19.2 Å². The van der Waals surface area contributed by atoms with Crippen LogP contribution in [0.2, 0.25) is 0 Å². The molecule has 0 saturated carbocycles. The quantitative estimate of drug-likeness (QED) is 0.806. The summed E-state index contributed by atoms with van der Waals surface area (Å²) < 4.78 is 19.2. The van der Waals surface area contributed by atoms with Gasteiger partial charge in [-0.2, -0.15) is 0 Å². The van der Waals surface area contributed by atoms with E-state index >= 15 is 0 Å².